The Labute approximate surface area is 95.8 Å². The quantitative estimate of drug-likeness (QED) is 0.850. The summed E-state index contributed by atoms with van der Waals surface area (Å²) in [6, 6.07) is 5.33. The SMILES string of the molecule is CCOc1ccc(C2CCCNC2)cc1F. The van der Waals surface area contributed by atoms with Gasteiger partial charge in [-0.25, -0.2) is 4.39 Å². The molecule has 88 valence electrons. The number of hydrogen-bond acceptors (Lipinski definition) is 2. The molecule has 1 atom stereocenters. The Morgan fingerprint density at radius 2 is 2.38 bits per heavy atom. The van der Waals surface area contributed by atoms with Gasteiger partial charge in [-0.2, -0.15) is 0 Å². The highest BCUT2D eigenvalue weighted by Gasteiger charge is 2.16. The zero-order valence-corrected chi connectivity index (χ0v) is 9.63. The second-order valence-electron chi connectivity index (χ2n) is 4.17. The second kappa shape index (κ2) is 5.30. The third-order valence-electron chi connectivity index (χ3n) is 3.02. The van der Waals surface area contributed by atoms with Crippen LogP contribution in [-0.4, -0.2) is 19.7 Å². The molecule has 1 aromatic carbocycles. The van der Waals surface area contributed by atoms with Crippen LogP contribution in [0.4, 0.5) is 4.39 Å². The van der Waals surface area contributed by atoms with Crippen molar-refractivity contribution >= 4 is 0 Å². The molecule has 0 amide bonds. The average Bonchev–Trinajstić information content (AvgIpc) is 2.33. The van der Waals surface area contributed by atoms with Gasteiger partial charge in [-0.3, -0.25) is 0 Å². The third-order valence-corrected chi connectivity index (χ3v) is 3.02. The van der Waals surface area contributed by atoms with E-state index in [0.29, 0.717) is 18.3 Å². The van der Waals surface area contributed by atoms with E-state index < -0.39 is 0 Å². The van der Waals surface area contributed by atoms with E-state index >= 15 is 0 Å². The average molecular weight is 223 g/mol. The fourth-order valence-electron chi connectivity index (χ4n) is 2.18. The molecule has 1 aliphatic rings. The van der Waals surface area contributed by atoms with Crippen LogP contribution in [0.5, 0.6) is 5.75 Å². The number of ether oxygens (including phenoxy) is 1. The lowest BCUT2D eigenvalue weighted by Crippen LogP contribution is -2.28. The molecule has 2 rings (SSSR count). The van der Waals surface area contributed by atoms with E-state index in [0.717, 1.165) is 25.1 Å². The first-order valence-corrected chi connectivity index (χ1v) is 5.94. The van der Waals surface area contributed by atoms with Crippen molar-refractivity contribution in [2.75, 3.05) is 19.7 Å². The van der Waals surface area contributed by atoms with Gasteiger partial charge in [-0.15, -0.1) is 0 Å². The summed E-state index contributed by atoms with van der Waals surface area (Å²) < 4.78 is 18.8. The van der Waals surface area contributed by atoms with Crippen molar-refractivity contribution in [2.24, 2.45) is 0 Å². The van der Waals surface area contributed by atoms with Gasteiger partial charge in [-0.1, -0.05) is 6.07 Å². The molecule has 0 aromatic heterocycles. The van der Waals surface area contributed by atoms with Crippen molar-refractivity contribution in [3.63, 3.8) is 0 Å². The summed E-state index contributed by atoms with van der Waals surface area (Å²) in [5.41, 5.74) is 1.08. The minimum absolute atomic E-state index is 0.245. The molecule has 0 saturated carbocycles. The highest BCUT2D eigenvalue weighted by atomic mass is 19.1. The Morgan fingerprint density at radius 3 is 3.00 bits per heavy atom. The maximum Gasteiger partial charge on any atom is 0.165 e. The molecule has 1 aromatic rings. The molecule has 0 aliphatic carbocycles. The highest BCUT2D eigenvalue weighted by molar-refractivity contribution is 5.31. The van der Waals surface area contributed by atoms with Crippen molar-refractivity contribution in [1.29, 1.82) is 0 Å². The highest BCUT2D eigenvalue weighted by Crippen LogP contribution is 2.27. The lowest BCUT2D eigenvalue weighted by Gasteiger charge is -2.23. The van der Waals surface area contributed by atoms with Gasteiger partial charge in [0.05, 0.1) is 6.61 Å². The molecule has 1 fully saturated rings. The maximum absolute atomic E-state index is 13.6. The van der Waals surface area contributed by atoms with E-state index in [1.54, 1.807) is 12.1 Å². The predicted molar refractivity (Wildman–Crippen MR) is 62.4 cm³/mol. The van der Waals surface area contributed by atoms with Crippen LogP contribution in [0.15, 0.2) is 18.2 Å². The van der Waals surface area contributed by atoms with E-state index in [2.05, 4.69) is 5.32 Å². The maximum atomic E-state index is 13.6. The Kier molecular flexibility index (Phi) is 3.78. The fourth-order valence-corrected chi connectivity index (χ4v) is 2.18. The van der Waals surface area contributed by atoms with Crippen LogP contribution in [-0.2, 0) is 0 Å². The zero-order chi connectivity index (χ0) is 11.4. The van der Waals surface area contributed by atoms with Crippen LogP contribution < -0.4 is 10.1 Å². The molecule has 1 N–H and O–H groups in total. The van der Waals surface area contributed by atoms with Crippen LogP contribution in [0, 0.1) is 5.82 Å². The van der Waals surface area contributed by atoms with Crippen LogP contribution >= 0.6 is 0 Å². The standard InChI is InChI=1S/C13H18FNO/c1-2-16-13-6-5-10(8-12(13)14)11-4-3-7-15-9-11/h5-6,8,11,15H,2-4,7,9H2,1H3. The summed E-state index contributed by atoms with van der Waals surface area (Å²) in [5, 5.41) is 3.34. The van der Waals surface area contributed by atoms with E-state index in [-0.39, 0.29) is 5.82 Å². The van der Waals surface area contributed by atoms with Crippen molar-refractivity contribution in [3.05, 3.63) is 29.6 Å². The van der Waals surface area contributed by atoms with E-state index in [1.807, 2.05) is 13.0 Å². The van der Waals surface area contributed by atoms with Crippen LogP contribution in [0.1, 0.15) is 31.2 Å². The first-order chi connectivity index (χ1) is 7.81. The minimum Gasteiger partial charge on any atom is -0.491 e. The summed E-state index contributed by atoms with van der Waals surface area (Å²) in [4.78, 5) is 0. The number of halogens is 1. The van der Waals surface area contributed by atoms with Crippen LogP contribution in [0.25, 0.3) is 0 Å². The molecular formula is C13H18FNO. The summed E-state index contributed by atoms with van der Waals surface area (Å²) in [7, 11) is 0. The lowest BCUT2D eigenvalue weighted by atomic mass is 9.91. The van der Waals surface area contributed by atoms with Crippen molar-refractivity contribution in [2.45, 2.75) is 25.7 Å². The van der Waals surface area contributed by atoms with Crippen LogP contribution in [0.3, 0.4) is 0 Å². The van der Waals surface area contributed by atoms with Crippen molar-refractivity contribution in [1.82, 2.24) is 5.32 Å². The van der Waals surface area contributed by atoms with Gasteiger partial charge in [-0.05, 0) is 49.9 Å². The molecule has 1 unspecified atom stereocenters. The zero-order valence-electron chi connectivity index (χ0n) is 9.63. The topological polar surface area (TPSA) is 21.3 Å². The largest absolute Gasteiger partial charge is 0.491 e. The van der Waals surface area contributed by atoms with Crippen molar-refractivity contribution < 1.29 is 9.13 Å². The van der Waals surface area contributed by atoms with Gasteiger partial charge in [0.1, 0.15) is 0 Å². The first-order valence-electron chi connectivity index (χ1n) is 5.94. The second-order valence-corrected chi connectivity index (χ2v) is 4.17. The molecular weight excluding hydrogens is 205 g/mol. The molecule has 3 heteroatoms. The summed E-state index contributed by atoms with van der Waals surface area (Å²) in [6.45, 7) is 4.39. The van der Waals surface area contributed by atoms with Gasteiger partial charge < -0.3 is 10.1 Å². The molecule has 1 heterocycles. The molecule has 0 bridgehead atoms. The van der Waals surface area contributed by atoms with Crippen molar-refractivity contribution in [3.8, 4) is 5.75 Å². The smallest absolute Gasteiger partial charge is 0.165 e. The molecule has 0 radical (unpaired) electrons. The number of nitrogens with one attached hydrogen (secondary N) is 1. The van der Waals surface area contributed by atoms with Gasteiger partial charge in [0.2, 0.25) is 0 Å². The first kappa shape index (κ1) is 11.4. The normalized spacial score (nSPS) is 20.8. The van der Waals surface area contributed by atoms with Gasteiger partial charge >= 0.3 is 0 Å². The Bertz CT molecular complexity index is 348. The number of hydrogen-bond donors (Lipinski definition) is 1. The molecule has 1 aliphatic heterocycles. The minimum atomic E-state index is -0.245. The Hall–Kier alpha value is -1.09. The number of rotatable bonds is 3. The Balaban J connectivity index is 2.13. The van der Waals surface area contributed by atoms with Gasteiger partial charge in [0, 0.05) is 6.54 Å². The molecule has 2 nitrogen and oxygen atoms in total. The van der Waals surface area contributed by atoms with E-state index in [1.165, 1.54) is 6.42 Å². The monoisotopic (exact) mass is 223 g/mol. The lowest BCUT2D eigenvalue weighted by molar-refractivity contribution is 0.321. The number of benzene rings is 1. The summed E-state index contributed by atoms with van der Waals surface area (Å²) >= 11 is 0. The van der Waals surface area contributed by atoms with Crippen LogP contribution in [0.2, 0.25) is 0 Å². The summed E-state index contributed by atoms with van der Waals surface area (Å²) in [5.74, 6) is 0.555. The Morgan fingerprint density at radius 1 is 1.50 bits per heavy atom. The fraction of sp³-hybridized carbons (Fsp3) is 0.538. The van der Waals surface area contributed by atoms with E-state index in [9.17, 15) is 4.39 Å². The predicted octanol–water partition coefficient (Wildman–Crippen LogP) is 2.69. The van der Waals surface area contributed by atoms with E-state index in [4.69, 9.17) is 4.74 Å². The number of piperidine rings is 1. The molecule has 16 heavy (non-hydrogen) atoms. The molecule has 1 saturated heterocycles. The molecule has 0 spiro atoms. The van der Waals surface area contributed by atoms with Gasteiger partial charge in [0.25, 0.3) is 0 Å². The summed E-state index contributed by atoms with van der Waals surface area (Å²) in [6.07, 6.45) is 2.31. The third kappa shape index (κ3) is 2.53. The van der Waals surface area contributed by atoms with Gasteiger partial charge in [0.15, 0.2) is 11.6 Å².